The van der Waals surface area contributed by atoms with Crippen LogP contribution in [0.15, 0.2) is 53.4 Å². The number of anilines is 1. The number of carbonyl (C=O) groups is 1. The van der Waals surface area contributed by atoms with Gasteiger partial charge in [0.15, 0.2) is 11.5 Å². The number of para-hydroxylation sites is 2. The van der Waals surface area contributed by atoms with Crippen molar-refractivity contribution >= 4 is 21.6 Å². The predicted molar refractivity (Wildman–Crippen MR) is 82.8 cm³/mol. The molecule has 0 unspecified atom stereocenters. The number of fused-ring (bicyclic) bond motifs is 1. The molecule has 2 aromatic rings. The summed E-state index contributed by atoms with van der Waals surface area (Å²) in [4.78, 5) is 12.2. The molecule has 0 fully saturated rings. The van der Waals surface area contributed by atoms with Gasteiger partial charge in [0.1, 0.15) is 6.61 Å². The van der Waals surface area contributed by atoms with Crippen molar-refractivity contribution in [1.29, 1.82) is 0 Å². The summed E-state index contributed by atoms with van der Waals surface area (Å²) in [5, 5.41) is 7.66. The van der Waals surface area contributed by atoms with Crippen molar-refractivity contribution < 1.29 is 22.7 Å². The maximum atomic E-state index is 12.2. The SMILES string of the molecule is NS(=O)(=O)c1ccc(NC(=O)[C@H]2COc3ccccc3O2)cc1. The molecule has 1 amide bonds. The molecule has 0 bridgehead atoms. The highest BCUT2D eigenvalue weighted by Crippen LogP contribution is 2.31. The van der Waals surface area contributed by atoms with Crippen LogP contribution in [0.2, 0.25) is 0 Å². The molecule has 120 valence electrons. The van der Waals surface area contributed by atoms with E-state index in [1.54, 1.807) is 18.2 Å². The van der Waals surface area contributed by atoms with Crippen LogP contribution in [0.5, 0.6) is 11.5 Å². The molecule has 1 atom stereocenters. The highest BCUT2D eigenvalue weighted by atomic mass is 32.2. The minimum absolute atomic E-state index is 0.0262. The third-order valence-electron chi connectivity index (χ3n) is 3.25. The Morgan fingerprint density at radius 1 is 1.09 bits per heavy atom. The number of nitrogens with two attached hydrogens (primary N) is 1. The first kappa shape index (κ1) is 15.3. The van der Waals surface area contributed by atoms with Crippen LogP contribution in [-0.2, 0) is 14.8 Å². The number of primary sulfonamides is 1. The minimum Gasteiger partial charge on any atom is -0.485 e. The first-order valence-corrected chi connectivity index (χ1v) is 8.30. The molecule has 1 aliphatic rings. The van der Waals surface area contributed by atoms with E-state index in [9.17, 15) is 13.2 Å². The molecule has 1 aliphatic heterocycles. The van der Waals surface area contributed by atoms with Crippen molar-refractivity contribution in [1.82, 2.24) is 0 Å². The van der Waals surface area contributed by atoms with Gasteiger partial charge in [0.25, 0.3) is 5.91 Å². The van der Waals surface area contributed by atoms with Crippen molar-refractivity contribution in [3.05, 3.63) is 48.5 Å². The molecule has 0 saturated carbocycles. The Kier molecular flexibility index (Phi) is 3.93. The zero-order valence-electron chi connectivity index (χ0n) is 11.9. The van der Waals surface area contributed by atoms with Crippen LogP contribution in [0.1, 0.15) is 0 Å². The van der Waals surface area contributed by atoms with Gasteiger partial charge in [0.2, 0.25) is 16.1 Å². The minimum atomic E-state index is -3.76. The number of hydrogen-bond donors (Lipinski definition) is 2. The van der Waals surface area contributed by atoms with Crippen molar-refractivity contribution in [2.75, 3.05) is 11.9 Å². The van der Waals surface area contributed by atoms with Crippen molar-refractivity contribution in [2.24, 2.45) is 5.14 Å². The van der Waals surface area contributed by atoms with E-state index in [1.165, 1.54) is 24.3 Å². The largest absolute Gasteiger partial charge is 0.485 e. The fourth-order valence-corrected chi connectivity index (χ4v) is 2.61. The van der Waals surface area contributed by atoms with Crippen molar-refractivity contribution in [3.63, 3.8) is 0 Å². The average molecular weight is 334 g/mol. The van der Waals surface area contributed by atoms with E-state index in [2.05, 4.69) is 5.32 Å². The lowest BCUT2D eigenvalue weighted by molar-refractivity contribution is -0.125. The zero-order chi connectivity index (χ0) is 16.4. The van der Waals surface area contributed by atoms with Crippen molar-refractivity contribution in [3.8, 4) is 11.5 Å². The third-order valence-corrected chi connectivity index (χ3v) is 4.18. The molecule has 23 heavy (non-hydrogen) atoms. The fraction of sp³-hybridized carbons (Fsp3) is 0.133. The van der Waals surface area contributed by atoms with E-state index in [0.29, 0.717) is 17.2 Å². The lowest BCUT2D eigenvalue weighted by Gasteiger charge is -2.25. The van der Waals surface area contributed by atoms with Gasteiger partial charge >= 0.3 is 0 Å². The maximum Gasteiger partial charge on any atom is 0.269 e. The normalized spacial score (nSPS) is 16.7. The summed E-state index contributed by atoms with van der Waals surface area (Å²) >= 11 is 0. The summed E-state index contributed by atoms with van der Waals surface area (Å²) in [7, 11) is -3.76. The second kappa shape index (κ2) is 5.90. The van der Waals surface area contributed by atoms with E-state index >= 15 is 0 Å². The average Bonchev–Trinajstić information content (AvgIpc) is 2.54. The number of rotatable bonds is 3. The molecule has 3 N–H and O–H groups in total. The summed E-state index contributed by atoms with van der Waals surface area (Å²) in [6, 6.07) is 12.6. The molecule has 0 aromatic heterocycles. The number of hydrogen-bond acceptors (Lipinski definition) is 5. The molecule has 1 heterocycles. The van der Waals surface area contributed by atoms with Crippen LogP contribution in [0.3, 0.4) is 0 Å². The Labute approximate surface area is 133 Å². The number of carbonyl (C=O) groups excluding carboxylic acids is 1. The van der Waals surface area contributed by atoms with Crippen molar-refractivity contribution in [2.45, 2.75) is 11.0 Å². The zero-order valence-corrected chi connectivity index (χ0v) is 12.7. The van der Waals surface area contributed by atoms with E-state index in [4.69, 9.17) is 14.6 Å². The van der Waals surface area contributed by atoms with Gasteiger partial charge in [-0.2, -0.15) is 0 Å². The van der Waals surface area contributed by atoms with E-state index in [-0.39, 0.29) is 17.4 Å². The van der Waals surface area contributed by atoms with Gasteiger partial charge in [0.05, 0.1) is 4.90 Å². The molecule has 0 aliphatic carbocycles. The van der Waals surface area contributed by atoms with Crippen LogP contribution in [0.25, 0.3) is 0 Å². The first-order valence-electron chi connectivity index (χ1n) is 6.76. The topological polar surface area (TPSA) is 108 Å². The number of sulfonamides is 1. The highest BCUT2D eigenvalue weighted by Gasteiger charge is 2.27. The van der Waals surface area contributed by atoms with Crippen LogP contribution in [0, 0.1) is 0 Å². The van der Waals surface area contributed by atoms with Gasteiger partial charge in [-0.1, -0.05) is 12.1 Å². The van der Waals surface area contributed by atoms with Gasteiger partial charge in [-0.3, -0.25) is 4.79 Å². The summed E-state index contributed by atoms with van der Waals surface area (Å²) < 4.78 is 33.4. The Morgan fingerprint density at radius 2 is 1.74 bits per heavy atom. The van der Waals surface area contributed by atoms with Crippen LogP contribution in [0.4, 0.5) is 5.69 Å². The predicted octanol–water partition coefficient (Wildman–Crippen LogP) is 1.11. The number of amides is 1. The second-order valence-electron chi connectivity index (χ2n) is 4.92. The summed E-state index contributed by atoms with van der Waals surface area (Å²) in [6.07, 6.45) is -0.789. The Balaban J connectivity index is 1.68. The fourth-order valence-electron chi connectivity index (χ4n) is 2.10. The van der Waals surface area contributed by atoms with Gasteiger partial charge in [-0.15, -0.1) is 0 Å². The Morgan fingerprint density at radius 3 is 2.39 bits per heavy atom. The molecule has 2 aromatic carbocycles. The summed E-state index contributed by atoms with van der Waals surface area (Å²) in [5.41, 5.74) is 0.435. The summed E-state index contributed by atoms with van der Waals surface area (Å²) in [6.45, 7) is 0.0953. The van der Waals surface area contributed by atoms with Crippen LogP contribution >= 0.6 is 0 Å². The number of ether oxygens (including phenoxy) is 2. The smallest absolute Gasteiger partial charge is 0.269 e. The molecular formula is C15H14N2O5S. The standard InChI is InChI=1S/C15H14N2O5S/c16-23(19,20)11-7-5-10(6-8-11)17-15(18)14-9-21-12-3-1-2-4-13(12)22-14/h1-8,14H,9H2,(H,17,18)(H2,16,19,20)/t14-/m1/s1. The molecule has 0 radical (unpaired) electrons. The van der Waals surface area contributed by atoms with Gasteiger partial charge in [-0.25, -0.2) is 13.6 Å². The first-order chi connectivity index (χ1) is 10.9. The monoisotopic (exact) mass is 334 g/mol. The Hall–Kier alpha value is -2.58. The van der Waals surface area contributed by atoms with Crippen LogP contribution < -0.4 is 19.9 Å². The van der Waals surface area contributed by atoms with Crippen LogP contribution in [-0.4, -0.2) is 27.0 Å². The highest BCUT2D eigenvalue weighted by molar-refractivity contribution is 7.89. The van der Waals surface area contributed by atoms with Gasteiger partial charge < -0.3 is 14.8 Å². The molecule has 3 rings (SSSR count). The van der Waals surface area contributed by atoms with E-state index < -0.39 is 16.1 Å². The molecule has 7 nitrogen and oxygen atoms in total. The molecular weight excluding hydrogens is 320 g/mol. The second-order valence-corrected chi connectivity index (χ2v) is 6.48. The molecule has 8 heteroatoms. The lowest BCUT2D eigenvalue weighted by Crippen LogP contribution is -2.40. The van der Waals surface area contributed by atoms with E-state index in [0.717, 1.165) is 0 Å². The number of benzene rings is 2. The van der Waals surface area contributed by atoms with E-state index in [1.807, 2.05) is 6.07 Å². The Bertz CT molecular complexity index is 833. The lowest BCUT2D eigenvalue weighted by atomic mass is 10.2. The summed E-state index contributed by atoms with van der Waals surface area (Å²) in [5.74, 6) is 0.709. The molecule has 0 spiro atoms. The number of nitrogens with one attached hydrogen (secondary N) is 1. The quantitative estimate of drug-likeness (QED) is 0.874. The third kappa shape index (κ3) is 3.43. The van der Waals surface area contributed by atoms with Gasteiger partial charge in [0, 0.05) is 5.69 Å². The molecule has 0 saturated heterocycles. The van der Waals surface area contributed by atoms with Gasteiger partial charge in [-0.05, 0) is 36.4 Å². The maximum absolute atomic E-state index is 12.2.